The van der Waals surface area contributed by atoms with Crippen LogP contribution in [-0.4, -0.2) is 28.5 Å². The molecule has 102 valence electrons. The predicted molar refractivity (Wildman–Crippen MR) is 72.5 cm³/mol. The van der Waals surface area contributed by atoms with E-state index in [0.29, 0.717) is 18.9 Å². The number of hydrogen-bond donors (Lipinski definition) is 2. The number of fused-ring (bicyclic) bond motifs is 1. The van der Waals surface area contributed by atoms with Gasteiger partial charge in [0.25, 0.3) is 0 Å². The van der Waals surface area contributed by atoms with E-state index in [1.165, 1.54) is 18.4 Å². The summed E-state index contributed by atoms with van der Waals surface area (Å²) in [4.78, 5) is 14.1. The first-order valence-electron chi connectivity index (χ1n) is 6.97. The summed E-state index contributed by atoms with van der Waals surface area (Å²) in [6, 6.07) is 5.44. The molecule has 0 radical (unpaired) electrons. The molecule has 0 spiro atoms. The van der Waals surface area contributed by atoms with Gasteiger partial charge in [0, 0.05) is 25.6 Å². The van der Waals surface area contributed by atoms with Crippen molar-refractivity contribution in [2.24, 2.45) is 11.7 Å². The summed E-state index contributed by atoms with van der Waals surface area (Å²) in [6.07, 6.45) is 3.66. The Labute approximate surface area is 113 Å². The van der Waals surface area contributed by atoms with Gasteiger partial charge in [0.2, 0.25) is 5.91 Å². The third-order valence-corrected chi connectivity index (χ3v) is 4.19. The van der Waals surface area contributed by atoms with Gasteiger partial charge in [0.05, 0.1) is 0 Å². The van der Waals surface area contributed by atoms with E-state index in [0.717, 1.165) is 18.5 Å². The first-order chi connectivity index (χ1) is 9.13. The summed E-state index contributed by atoms with van der Waals surface area (Å²) in [5.74, 6) is 0.973. The van der Waals surface area contributed by atoms with Gasteiger partial charge in [0.15, 0.2) is 0 Å². The molecule has 0 aromatic heterocycles. The third kappa shape index (κ3) is 2.73. The van der Waals surface area contributed by atoms with Crippen LogP contribution in [0.1, 0.15) is 30.4 Å². The van der Waals surface area contributed by atoms with Crippen molar-refractivity contribution >= 4 is 5.91 Å². The maximum Gasteiger partial charge on any atom is 0.224 e. The molecule has 1 saturated carbocycles. The van der Waals surface area contributed by atoms with E-state index in [1.54, 1.807) is 12.1 Å². The molecule has 1 heterocycles. The Balaban J connectivity index is 1.65. The Morgan fingerprint density at radius 2 is 2.21 bits per heavy atom. The van der Waals surface area contributed by atoms with Gasteiger partial charge in [0.1, 0.15) is 5.75 Å². The van der Waals surface area contributed by atoms with E-state index in [9.17, 15) is 9.90 Å². The number of hydrogen-bond acceptors (Lipinski definition) is 3. The zero-order valence-electron chi connectivity index (χ0n) is 11.0. The van der Waals surface area contributed by atoms with Crippen molar-refractivity contribution in [2.75, 3.05) is 6.54 Å². The molecule has 1 unspecified atom stereocenters. The van der Waals surface area contributed by atoms with Crippen molar-refractivity contribution in [1.82, 2.24) is 4.90 Å². The van der Waals surface area contributed by atoms with E-state index in [2.05, 4.69) is 0 Å². The number of amides is 1. The Morgan fingerprint density at radius 1 is 1.42 bits per heavy atom. The standard InChI is InChI=1S/C15H20N2O2/c16-14(11-1-2-11)8-15(19)17-6-5-10-3-4-13(18)7-12(10)9-17/h3-4,7,11,14,18H,1-2,5-6,8-9,16H2. The number of rotatable bonds is 3. The molecule has 3 N–H and O–H groups in total. The lowest BCUT2D eigenvalue weighted by atomic mass is 9.98. The van der Waals surface area contributed by atoms with E-state index in [4.69, 9.17) is 5.73 Å². The zero-order chi connectivity index (χ0) is 13.4. The normalized spacial score (nSPS) is 19.9. The average Bonchev–Trinajstić information content (AvgIpc) is 3.22. The number of benzene rings is 1. The van der Waals surface area contributed by atoms with Gasteiger partial charge in [-0.25, -0.2) is 0 Å². The fourth-order valence-corrected chi connectivity index (χ4v) is 2.78. The number of phenolic OH excluding ortho intramolecular Hbond substituents is 1. The molecule has 2 aliphatic rings. The second-order valence-electron chi connectivity index (χ2n) is 5.72. The fourth-order valence-electron chi connectivity index (χ4n) is 2.78. The van der Waals surface area contributed by atoms with Gasteiger partial charge in [-0.1, -0.05) is 6.07 Å². The van der Waals surface area contributed by atoms with Gasteiger partial charge < -0.3 is 15.7 Å². The number of carbonyl (C=O) groups is 1. The molecule has 1 aromatic rings. The SMILES string of the molecule is NC(CC(=O)N1CCc2ccc(O)cc2C1)C1CC1. The topological polar surface area (TPSA) is 66.6 Å². The molecule has 1 aliphatic heterocycles. The van der Waals surface area contributed by atoms with Crippen LogP contribution in [0.25, 0.3) is 0 Å². The summed E-state index contributed by atoms with van der Waals surface area (Å²) < 4.78 is 0. The largest absolute Gasteiger partial charge is 0.508 e. The van der Waals surface area contributed by atoms with Crippen LogP contribution in [0.3, 0.4) is 0 Å². The summed E-state index contributed by atoms with van der Waals surface area (Å²) in [7, 11) is 0. The van der Waals surface area contributed by atoms with Crippen LogP contribution in [-0.2, 0) is 17.8 Å². The minimum absolute atomic E-state index is 0.0260. The molecule has 19 heavy (non-hydrogen) atoms. The van der Waals surface area contributed by atoms with Crippen molar-refractivity contribution in [1.29, 1.82) is 0 Å². The zero-order valence-corrected chi connectivity index (χ0v) is 11.0. The first-order valence-corrected chi connectivity index (χ1v) is 6.97. The number of carbonyl (C=O) groups excluding carboxylic acids is 1. The Morgan fingerprint density at radius 3 is 2.95 bits per heavy atom. The van der Waals surface area contributed by atoms with Crippen LogP contribution in [0.4, 0.5) is 0 Å². The predicted octanol–water partition coefficient (Wildman–Crippen LogP) is 1.40. The highest BCUT2D eigenvalue weighted by Crippen LogP contribution is 2.33. The molecular formula is C15H20N2O2. The van der Waals surface area contributed by atoms with Crippen molar-refractivity contribution in [3.8, 4) is 5.75 Å². The molecule has 3 rings (SSSR count). The fraction of sp³-hybridized carbons (Fsp3) is 0.533. The lowest BCUT2D eigenvalue weighted by molar-refractivity contribution is -0.132. The first kappa shape index (κ1) is 12.5. The molecule has 0 bridgehead atoms. The molecule has 1 aromatic carbocycles. The van der Waals surface area contributed by atoms with Crippen molar-refractivity contribution in [3.63, 3.8) is 0 Å². The van der Waals surface area contributed by atoms with Crippen LogP contribution in [0.5, 0.6) is 5.75 Å². The highest BCUT2D eigenvalue weighted by Gasteiger charge is 2.31. The van der Waals surface area contributed by atoms with E-state index < -0.39 is 0 Å². The molecule has 4 heteroatoms. The molecule has 1 atom stereocenters. The average molecular weight is 260 g/mol. The van der Waals surface area contributed by atoms with Crippen molar-refractivity contribution in [2.45, 2.75) is 38.3 Å². The van der Waals surface area contributed by atoms with Gasteiger partial charge in [-0.05, 0) is 48.4 Å². The smallest absolute Gasteiger partial charge is 0.224 e. The second kappa shape index (κ2) is 4.85. The second-order valence-corrected chi connectivity index (χ2v) is 5.72. The van der Waals surface area contributed by atoms with Crippen molar-refractivity contribution in [3.05, 3.63) is 29.3 Å². The van der Waals surface area contributed by atoms with Gasteiger partial charge in [-0.3, -0.25) is 4.79 Å². The summed E-state index contributed by atoms with van der Waals surface area (Å²) in [6.45, 7) is 1.36. The van der Waals surface area contributed by atoms with Crippen molar-refractivity contribution < 1.29 is 9.90 Å². The summed E-state index contributed by atoms with van der Waals surface area (Å²) >= 11 is 0. The van der Waals surface area contributed by atoms with E-state index in [-0.39, 0.29) is 17.7 Å². The Bertz CT molecular complexity index is 497. The maximum atomic E-state index is 12.2. The van der Waals surface area contributed by atoms with E-state index >= 15 is 0 Å². The lowest BCUT2D eigenvalue weighted by Crippen LogP contribution is -2.39. The van der Waals surface area contributed by atoms with Crippen LogP contribution < -0.4 is 5.73 Å². The molecule has 1 amide bonds. The third-order valence-electron chi connectivity index (χ3n) is 4.19. The summed E-state index contributed by atoms with van der Waals surface area (Å²) in [5, 5.41) is 9.52. The number of phenols is 1. The minimum Gasteiger partial charge on any atom is -0.508 e. The minimum atomic E-state index is 0.0260. The lowest BCUT2D eigenvalue weighted by Gasteiger charge is -2.30. The highest BCUT2D eigenvalue weighted by atomic mass is 16.3. The molecule has 1 aliphatic carbocycles. The number of nitrogens with two attached hydrogens (primary N) is 1. The van der Waals surface area contributed by atoms with Crippen LogP contribution in [0.2, 0.25) is 0 Å². The molecule has 0 saturated heterocycles. The highest BCUT2D eigenvalue weighted by molar-refractivity contribution is 5.77. The molecular weight excluding hydrogens is 240 g/mol. The quantitative estimate of drug-likeness (QED) is 0.863. The molecule has 1 fully saturated rings. The molecule has 4 nitrogen and oxygen atoms in total. The Kier molecular flexibility index (Phi) is 3.19. The number of aromatic hydroxyl groups is 1. The van der Waals surface area contributed by atoms with Crippen LogP contribution in [0, 0.1) is 5.92 Å². The van der Waals surface area contributed by atoms with Crippen LogP contribution >= 0.6 is 0 Å². The number of nitrogens with zero attached hydrogens (tertiary/aromatic N) is 1. The van der Waals surface area contributed by atoms with Gasteiger partial charge >= 0.3 is 0 Å². The van der Waals surface area contributed by atoms with Gasteiger partial charge in [-0.2, -0.15) is 0 Å². The maximum absolute atomic E-state index is 12.2. The monoisotopic (exact) mass is 260 g/mol. The van der Waals surface area contributed by atoms with E-state index in [1.807, 2.05) is 11.0 Å². The van der Waals surface area contributed by atoms with Gasteiger partial charge in [-0.15, -0.1) is 0 Å². The summed E-state index contributed by atoms with van der Waals surface area (Å²) in [5.41, 5.74) is 8.30. The van der Waals surface area contributed by atoms with Crippen LogP contribution in [0.15, 0.2) is 18.2 Å². The Hall–Kier alpha value is -1.55.